The quantitative estimate of drug-likeness (QED) is 0.818. The number of hydrogen-bond donors (Lipinski definition) is 1. The van der Waals surface area contributed by atoms with Gasteiger partial charge in [0.05, 0.1) is 6.54 Å². The molecule has 0 atom stereocenters. The molecule has 1 aromatic carbocycles. The van der Waals surface area contributed by atoms with Crippen LogP contribution in [0.15, 0.2) is 22.7 Å². The zero-order valence-corrected chi connectivity index (χ0v) is 14.6. The Morgan fingerprint density at radius 1 is 1.38 bits per heavy atom. The topological polar surface area (TPSA) is 35.6 Å². The number of likely N-dealkylation sites (N-methyl/N-ethyl adjacent to an activating group) is 2. The Balaban J connectivity index is 2.03. The third kappa shape index (κ3) is 4.71. The van der Waals surface area contributed by atoms with E-state index in [-0.39, 0.29) is 5.91 Å². The predicted octanol–water partition coefficient (Wildman–Crippen LogP) is 2.62. The molecule has 116 valence electrons. The first kappa shape index (κ1) is 16.3. The average molecular weight is 354 g/mol. The van der Waals surface area contributed by atoms with Gasteiger partial charge in [0.2, 0.25) is 5.91 Å². The maximum Gasteiger partial charge on any atom is 0.241 e. The number of anilines is 1. The molecule has 0 saturated heterocycles. The van der Waals surface area contributed by atoms with Crippen LogP contribution in [0.3, 0.4) is 0 Å². The zero-order chi connectivity index (χ0) is 15.4. The van der Waals surface area contributed by atoms with E-state index in [1.165, 1.54) is 18.4 Å². The summed E-state index contributed by atoms with van der Waals surface area (Å²) in [6.45, 7) is 4.19. The third-order valence-corrected chi connectivity index (χ3v) is 4.51. The number of nitrogens with one attached hydrogen (secondary N) is 1. The molecule has 0 bridgehead atoms. The zero-order valence-electron chi connectivity index (χ0n) is 13.0. The number of halogens is 1. The maximum absolute atomic E-state index is 11.9. The highest BCUT2D eigenvalue weighted by molar-refractivity contribution is 9.10. The summed E-state index contributed by atoms with van der Waals surface area (Å²) in [5.41, 5.74) is 2.34. The molecule has 2 rings (SSSR count). The van der Waals surface area contributed by atoms with Gasteiger partial charge in [-0.2, -0.15) is 0 Å². The summed E-state index contributed by atoms with van der Waals surface area (Å²) < 4.78 is 1.10. The van der Waals surface area contributed by atoms with Crippen molar-refractivity contribution in [2.45, 2.75) is 32.4 Å². The van der Waals surface area contributed by atoms with Crippen molar-refractivity contribution in [3.05, 3.63) is 28.2 Å². The molecule has 1 N–H and O–H groups in total. The van der Waals surface area contributed by atoms with E-state index in [9.17, 15) is 4.79 Å². The molecule has 0 aliphatic heterocycles. The van der Waals surface area contributed by atoms with Gasteiger partial charge in [0.25, 0.3) is 0 Å². The van der Waals surface area contributed by atoms with Gasteiger partial charge in [-0.15, -0.1) is 0 Å². The Hall–Kier alpha value is -1.07. The predicted molar refractivity (Wildman–Crippen MR) is 90.6 cm³/mol. The molecule has 21 heavy (non-hydrogen) atoms. The fraction of sp³-hybridized carbons (Fsp3) is 0.562. The Morgan fingerprint density at radius 2 is 2.10 bits per heavy atom. The Kier molecular flexibility index (Phi) is 5.65. The van der Waals surface area contributed by atoms with Crippen LogP contribution in [0.4, 0.5) is 5.69 Å². The first-order chi connectivity index (χ1) is 10.0. The number of rotatable bonds is 7. The Bertz CT molecular complexity index is 500. The van der Waals surface area contributed by atoms with E-state index < -0.39 is 0 Å². The van der Waals surface area contributed by atoms with E-state index in [0.717, 1.165) is 23.2 Å². The van der Waals surface area contributed by atoms with Gasteiger partial charge in [-0.05, 0) is 37.5 Å². The molecule has 0 spiro atoms. The molecule has 0 unspecified atom stereocenters. The van der Waals surface area contributed by atoms with Crippen LogP contribution in [0, 0.1) is 0 Å². The van der Waals surface area contributed by atoms with Gasteiger partial charge in [0.1, 0.15) is 0 Å². The molecule has 4 nitrogen and oxygen atoms in total. The molecule has 1 aliphatic rings. The molecule has 1 amide bonds. The number of benzene rings is 1. The van der Waals surface area contributed by atoms with Crippen LogP contribution in [0.2, 0.25) is 0 Å². The average Bonchev–Trinajstić information content (AvgIpc) is 3.27. The summed E-state index contributed by atoms with van der Waals surface area (Å²) in [5, 5.41) is 3.52. The lowest BCUT2D eigenvalue weighted by Crippen LogP contribution is -2.36. The molecular formula is C16H24BrN3O. The SMILES string of the molecule is CCN(CC(=O)N(C)C)c1ccc(CNC2CC2)c(Br)c1. The number of amides is 1. The van der Waals surface area contributed by atoms with Crippen LogP contribution < -0.4 is 10.2 Å². The third-order valence-electron chi connectivity index (χ3n) is 3.77. The van der Waals surface area contributed by atoms with Crippen LogP contribution in [0.25, 0.3) is 0 Å². The van der Waals surface area contributed by atoms with E-state index in [1.54, 1.807) is 19.0 Å². The van der Waals surface area contributed by atoms with Crippen molar-refractivity contribution in [1.82, 2.24) is 10.2 Å². The number of hydrogen-bond acceptors (Lipinski definition) is 3. The number of carbonyl (C=O) groups excluding carboxylic acids is 1. The monoisotopic (exact) mass is 353 g/mol. The summed E-state index contributed by atoms with van der Waals surface area (Å²) >= 11 is 3.65. The van der Waals surface area contributed by atoms with E-state index in [1.807, 2.05) is 0 Å². The minimum Gasteiger partial charge on any atom is -0.362 e. The molecule has 1 aliphatic carbocycles. The van der Waals surface area contributed by atoms with Crippen molar-refractivity contribution in [2.24, 2.45) is 0 Å². The van der Waals surface area contributed by atoms with E-state index in [2.05, 4.69) is 51.3 Å². The fourth-order valence-electron chi connectivity index (χ4n) is 2.11. The molecule has 1 fully saturated rings. The number of carbonyl (C=O) groups is 1. The van der Waals surface area contributed by atoms with Crippen LogP contribution in [-0.4, -0.2) is 44.0 Å². The van der Waals surface area contributed by atoms with Gasteiger partial charge in [-0.1, -0.05) is 22.0 Å². The first-order valence-electron chi connectivity index (χ1n) is 7.48. The van der Waals surface area contributed by atoms with Crippen LogP contribution in [0.5, 0.6) is 0 Å². The summed E-state index contributed by atoms with van der Waals surface area (Å²) in [5.74, 6) is 0.118. The molecule has 5 heteroatoms. The Labute approximate surface area is 135 Å². The molecule has 0 heterocycles. The van der Waals surface area contributed by atoms with Gasteiger partial charge in [0, 0.05) is 43.4 Å². The van der Waals surface area contributed by atoms with Crippen molar-refractivity contribution in [2.75, 3.05) is 32.1 Å². The second kappa shape index (κ2) is 7.27. The molecule has 0 aromatic heterocycles. The summed E-state index contributed by atoms with van der Waals surface area (Å²) in [6, 6.07) is 7.05. The van der Waals surface area contributed by atoms with Gasteiger partial charge in [0.15, 0.2) is 0 Å². The van der Waals surface area contributed by atoms with E-state index in [0.29, 0.717) is 12.6 Å². The van der Waals surface area contributed by atoms with Crippen LogP contribution >= 0.6 is 15.9 Å². The Morgan fingerprint density at radius 3 is 2.62 bits per heavy atom. The molecule has 1 saturated carbocycles. The minimum absolute atomic E-state index is 0.118. The lowest BCUT2D eigenvalue weighted by molar-refractivity contribution is -0.127. The van der Waals surface area contributed by atoms with E-state index >= 15 is 0 Å². The van der Waals surface area contributed by atoms with Crippen molar-refractivity contribution in [3.63, 3.8) is 0 Å². The first-order valence-corrected chi connectivity index (χ1v) is 8.27. The van der Waals surface area contributed by atoms with Crippen molar-refractivity contribution in [1.29, 1.82) is 0 Å². The summed E-state index contributed by atoms with van der Waals surface area (Å²) in [6.07, 6.45) is 2.60. The minimum atomic E-state index is 0.118. The van der Waals surface area contributed by atoms with Crippen LogP contribution in [0.1, 0.15) is 25.3 Å². The van der Waals surface area contributed by atoms with Crippen molar-refractivity contribution >= 4 is 27.5 Å². The van der Waals surface area contributed by atoms with Gasteiger partial charge >= 0.3 is 0 Å². The normalized spacial score (nSPS) is 14.1. The van der Waals surface area contributed by atoms with Crippen LogP contribution in [-0.2, 0) is 11.3 Å². The highest BCUT2D eigenvalue weighted by atomic mass is 79.9. The molecular weight excluding hydrogens is 330 g/mol. The fourth-order valence-corrected chi connectivity index (χ4v) is 2.62. The smallest absolute Gasteiger partial charge is 0.241 e. The number of nitrogens with zero attached hydrogens (tertiary/aromatic N) is 2. The highest BCUT2D eigenvalue weighted by Crippen LogP contribution is 2.26. The van der Waals surface area contributed by atoms with Crippen molar-refractivity contribution in [3.8, 4) is 0 Å². The largest absolute Gasteiger partial charge is 0.362 e. The van der Waals surface area contributed by atoms with Gasteiger partial charge < -0.3 is 15.1 Å². The lowest BCUT2D eigenvalue weighted by Gasteiger charge is -2.25. The molecule has 0 radical (unpaired) electrons. The molecule has 1 aromatic rings. The second-order valence-electron chi connectivity index (χ2n) is 5.73. The maximum atomic E-state index is 11.9. The standard InChI is InChI=1S/C16H24BrN3O/c1-4-20(11-16(21)19(2)3)14-8-5-12(15(17)9-14)10-18-13-6-7-13/h5,8-9,13,18H,4,6-7,10-11H2,1-3H3. The van der Waals surface area contributed by atoms with E-state index in [4.69, 9.17) is 0 Å². The second-order valence-corrected chi connectivity index (χ2v) is 6.59. The van der Waals surface area contributed by atoms with Gasteiger partial charge in [-0.25, -0.2) is 0 Å². The highest BCUT2D eigenvalue weighted by Gasteiger charge is 2.20. The lowest BCUT2D eigenvalue weighted by atomic mass is 10.2. The summed E-state index contributed by atoms with van der Waals surface area (Å²) in [4.78, 5) is 15.6. The van der Waals surface area contributed by atoms with Gasteiger partial charge in [-0.3, -0.25) is 4.79 Å². The summed E-state index contributed by atoms with van der Waals surface area (Å²) in [7, 11) is 3.58. The van der Waals surface area contributed by atoms with Crippen molar-refractivity contribution < 1.29 is 4.79 Å².